The van der Waals surface area contributed by atoms with Crippen molar-refractivity contribution in [2.75, 3.05) is 0 Å². The van der Waals surface area contributed by atoms with Crippen molar-refractivity contribution in [2.45, 2.75) is 37.5 Å². The van der Waals surface area contributed by atoms with Gasteiger partial charge in [-0.15, -0.1) is 0 Å². The van der Waals surface area contributed by atoms with Gasteiger partial charge in [-0.2, -0.15) is 5.26 Å². The highest BCUT2D eigenvalue weighted by Crippen LogP contribution is 2.56. The molecule has 5 nitrogen and oxygen atoms in total. The lowest BCUT2D eigenvalue weighted by atomic mass is 9.67. The highest BCUT2D eigenvalue weighted by molar-refractivity contribution is 5.85. The Labute approximate surface area is 292 Å². The molecule has 2 heterocycles. The number of nitrogens with zero attached hydrogens (tertiary/aromatic N) is 5. The van der Waals surface area contributed by atoms with Gasteiger partial charge in [-0.1, -0.05) is 122 Å². The Kier molecular flexibility index (Phi) is 7.36. The molecule has 0 bridgehead atoms. The van der Waals surface area contributed by atoms with E-state index in [4.69, 9.17) is 15.0 Å². The fourth-order valence-electron chi connectivity index (χ4n) is 7.95. The normalized spacial score (nSPS) is 14.1. The predicted octanol–water partition coefficient (Wildman–Crippen LogP) is 10.7. The number of pyridine rings is 1. The van der Waals surface area contributed by atoms with Crippen LogP contribution in [0.15, 0.2) is 140 Å². The van der Waals surface area contributed by atoms with Gasteiger partial charge in [0.1, 0.15) is 0 Å². The van der Waals surface area contributed by atoms with E-state index in [1.165, 1.54) is 47.1 Å². The summed E-state index contributed by atoms with van der Waals surface area (Å²) < 4.78 is 0. The molecule has 2 aliphatic carbocycles. The fourth-order valence-corrected chi connectivity index (χ4v) is 7.95. The zero-order valence-electron chi connectivity index (χ0n) is 27.6. The van der Waals surface area contributed by atoms with Crippen molar-refractivity contribution >= 4 is 0 Å². The van der Waals surface area contributed by atoms with E-state index in [1.54, 1.807) is 6.20 Å². The third-order valence-electron chi connectivity index (χ3n) is 10.5. The largest absolute Gasteiger partial charge is 0.264 e. The van der Waals surface area contributed by atoms with E-state index in [1.807, 2.05) is 48.7 Å². The number of nitriles is 1. The summed E-state index contributed by atoms with van der Waals surface area (Å²) in [7, 11) is 0. The van der Waals surface area contributed by atoms with Crippen LogP contribution in [0.1, 0.15) is 48.8 Å². The molecule has 2 aromatic heterocycles. The van der Waals surface area contributed by atoms with Crippen LogP contribution < -0.4 is 0 Å². The van der Waals surface area contributed by atoms with Crippen molar-refractivity contribution in [1.29, 1.82) is 5.26 Å². The van der Waals surface area contributed by atoms with Gasteiger partial charge in [0, 0.05) is 34.5 Å². The zero-order chi connectivity index (χ0) is 33.5. The summed E-state index contributed by atoms with van der Waals surface area (Å²) in [6.07, 6.45) is 9.60. The third-order valence-corrected chi connectivity index (χ3v) is 10.5. The number of hydrogen-bond donors (Lipinski definition) is 0. The van der Waals surface area contributed by atoms with Gasteiger partial charge in [0.2, 0.25) is 0 Å². The molecule has 0 unspecified atom stereocenters. The van der Waals surface area contributed by atoms with Crippen molar-refractivity contribution in [3.8, 4) is 73.6 Å². The van der Waals surface area contributed by atoms with Crippen LogP contribution in [0, 0.1) is 11.3 Å². The molecule has 1 saturated carbocycles. The Bertz CT molecular complexity index is 2390. The van der Waals surface area contributed by atoms with Gasteiger partial charge >= 0.3 is 0 Å². The SMILES string of the molecule is N#Cc1ccc2c(c1)C1(CCCCC1)c1cc(-c3ccc(-c4nc(-c5ccccc5)nc(-c5ccc(-c6cccnc6)cc5)n4)cc3)ccc1-2. The number of hydrogen-bond acceptors (Lipinski definition) is 5. The highest BCUT2D eigenvalue weighted by Gasteiger charge is 2.44. The summed E-state index contributed by atoms with van der Waals surface area (Å²) in [4.78, 5) is 19.1. The number of fused-ring (bicyclic) bond motifs is 5. The van der Waals surface area contributed by atoms with Crippen LogP contribution in [0.25, 0.3) is 67.5 Å². The van der Waals surface area contributed by atoms with Crippen LogP contribution in [0.5, 0.6) is 0 Å². The van der Waals surface area contributed by atoms with Crippen molar-refractivity contribution in [2.24, 2.45) is 0 Å². The molecule has 0 atom stereocenters. The Balaban J connectivity index is 1.08. The van der Waals surface area contributed by atoms with E-state index in [9.17, 15) is 5.26 Å². The van der Waals surface area contributed by atoms with E-state index < -0.39 is 0 Å². The first kappa shape index (κ1) is 29.9. The second kappa shape index (κ2) is 12.3. The molecule has 0 aliphatic heterocycles. The molecule has 1 spiro atoms. The molecule has 2 aliphatic rings. The quantitative estimate of drug-likeness (QED) is 0.187. The van der Waals surface area contributed by atoms with E-state index >= 15 is 0 Å². The summed E-state index contributed by atoms with van der Waals surface area (Å²) in [6, 6.07) is 46.5. The fraction of sp³-hybridized carbons (Fsp3) is 0.133. The second-order valence-corrected chi connectivity index (χ2v) is 13.3. The minimum Gasteiger partial charge on any atom is -0.264 e. The van der Waals surface area contributed by atoms with Crippen molar-refractivity contribution in [1.82, 2.24) is 19.9 Å². The molecule has 0 amide bonds. The maximum Gasteiger partial charge on any atom is 0.164 e. The first-order chi connectivity index (χ1) is 24.7. The van der Waals surface area contributed by atoms with Gasteiger partial charge in [-0.05, 0) is 81.6 Å². The maximum atomic E-state index is 9.70. The van der Waals surface area contributed by atoms with E-state index in [2.05, 4.69) is 96.0 Å². The number of benzene rings is 5. The predicted molar refractivity (Wildman–Crippen MR) is 199 cm³/mol. The highest BCUT2D eigenvalue weighted by atomic mass is 15.0. The standard InChI is InChI=1S/C45H33N5/c46-28-30-11-21-38-39-22-20-36(27-41(39)45(40(38)26-30)23-5-2-6-24-45)31-12-16-34(17-13-31)43-48-42(33-8-3-1-4-9-33)49-44(50-43)35-18-14-32(15-19-35)37-10-7-25-47-29-37/h1,3-4,7-22,25-27,29H,2,5-6,23-24H2. The van der Waals surface area contributed by atoms with Gasteiger partial charge < -0.3 is 0 Å². The number of rotatable bonds is 5. The Morgan fingerprint density at radius 1 is 0.480 bits per heavy atom. The Morgan fingerprint density at radius 2 is 1.00 bits per heavy atom. The molecular weight excluding hydrogens is 611 g/mol. The summed E-state index contributed by atoms with van der Waals surface area (Å²) in [5, 5.41) is 9.70. The second-order valence-electron chi connectivity index (χ2n) is 13.3. The molecule has 238 valence electrons. The van der Waals surface area contributed by atoms with Gasteiger partial charge in [0.15, 0.2) is 17.5 Å². The zero-order valence-corrected chi connectivity index (χ0v) is 27.6. The molecule has 5 aromatic carbocycles. The Hall–Kier alpha value is -6.25. The van der Waals surface area contributed by atoms with Gasteiger partial charge in [-0.25, -0.2) is 15.0 Å². The molecule has 0 radical (unpaired) electrons. The average Bonchev–Trinajstić information content (AvgIpc) is 3.46. The van der Waals surface area contributed by atoms with Gasteiger partial charge in [0.25, 0.3) is 0 Å². The van der Waals surface area contributed by atoms with Gasteiger partial charge in [0.05, 0.1) is 11.6 Å². The van der Waals surface area contributed by atoms with Crippen LogP contribution in [-0.4, -0.2) is 19.9 Å². The minimum absolute atomic E-state index is 0.0168. The molecule has 1 fully saturated rings. The van der Waals surface area contributed by atoms with Crippen LogP contribution in [0.3, 0.4) is 0 Å². The molecule has 0 N–H and O–H groups in total. The lowest BCUT2D eigenvalue weighted by Crippen LogP contribution is -2.28. The number of aromatic nitrogens is 4. The van der Waals surface area contributed by atoms with E-state index in [0.29, 0.717) is 17.5 Å². The summed E-state index contributed by atoms with van der Waals surface area (Å²) in [5.74, 6) is 1.91. The molecule has 0 saturated heterocycles. The van der Waals surface area contributed by atoms with Crippen LogP contribution in [0.2, 0.25) is 0 Å². The van der Waals surface area contributed by atoms with Crippen molar-refractivity contribution in [3.63, 3.8) is 0 Å². The summed E-state index contributed by atoms with van der Waals surface area (Å²) in [5.41, 5.74) is 13.4. The first-order valence-electron chi connectivity index (χ1n) is 17.3. The summed E-state index contributed by atoms with van der Waals surface area (Å²) >= 11 is 0. The van der Waals surface area contributed by atoms with E-state index in [0.717, 1.165) is 51.8 Å². The molecule has 5 heteroatoms. The first-order valence-corrected chi connectivity index (χ1v) is 17.3. The van der Waals surface area contributed by atoms with Crippen LogP contribution >= 0.6 is 0 Å². The van der Waals surface area contributed by atoms with Crippen LogP contribution in [-0.2, 0) is 5.41 Å². The lowest BCUT2D eigenvalue weighted by Gasteiger charge is -2.36. The smallest absolute Gasteiger partial charge is 0.164 e. The molecule has 50 heavy (non-hydrogen) atoms. The molecular formula is C45H33N5. The third kappa shape index (κ3) is 5.17. The summed E-state index contributed by atoms with van der Waals surface area (Å²) in [6.45, 7) is 0. The Morgan fingerprint density at radius 3 is 1.60 bits per heavy atom. The monoisotopic (exact) mass is 643 g/mol. The van der Waals surface area contributed by atoms with E-state index in [-0.39, 0.29) is 5.41 Å². The molecule has 9 rings (SSSR count). The minimum atomic E-state index is -0.0168. The lowest BCUT2D eigenvalue weighted by molar-refractivity contribution is 0.353. The van der Waals surface area contributed by atoms with Gasteiger partial charge in [-0.3, -0.25) is 4.98 Å². The molecule has 7 aromatic rings. The van der Waals surface area contributed by atoms with Crippen molar-refractivity contribution < 1.29 is 0 Å². The average molecular weight is 644 g/mol. The maximum absolute atomic E-state index is 9.70. The van der Waals surface area contributed by atoms with Crippen LogP contribution in [0.4, 0.5) is 0 Å². The topological polar surface area (TPSA) is 75.3 Å². The van der Waals surface area contributed by atoms with Crippen molar-refractivity contribution in [3.05, 3.63) is 156 Å².